The van der Waals surface area contributed by atoms with Crippen molar-refractivity contribution in [1.82, 2.24) is 10.3 Å². The summed E-state index contributed by atoms with van der Waals surface area (Å²) in [5.74, 6) is -0.0674. The van der Waals surface area contributed by atoms with Crippen LogP contribution in [0.15, 0.2) is 77.1 Å². The average Bonchev–Trinajstić information content (AvgIpc) is 3.42. The second-order valence-electron chi connectivity index (χ2n) is 10.3. The van der Waals surface area contributed by atoms with Gasteiger partial charge in [-0.15, -0.1) is 11.3 Å². The Morgan fingerprint density at radius 3 is 2.40 bits per heavy atom. The smallest absolute Gasteiger partial charge is 0.303 e. The number of carbonyl (C=O) groups is 2. The Morgan fingerprint density at radius 2 is 1.71 bits per heavy atom. The molecule has 2 N–H and O–H groups in total. The zero-order valence-corrected chi connectivity index (χ0v) is 25.3. The molecule has 1 aliphatic heterocycles. The molecule has 1 aromatic heterocycles. The van der Waals surface area contributed by atoms with E-state index in [9.17, 15) is 14.7 Å². The molecular formula is C32H34N2O6S2. The Hall–Kier alpha value is -3.28. The Morgan fingerprint density at radius 1 is 1.02 bits per heavy atom. The highest BCUT2D eigenvalue weighted by molar-refractivity contribution is 8.01. The number of ether oxygens (including phenoxy) is 3. The van der Waals surface area contributed by atoms with E-state index >= 15 is 0 Å². The fourth-order valence-corrected chi connectivity index (χ4v) is 7.06. The summed E-state index contributed by atoms with van der Waals surface area (Å²) in [6, 6.07) is 23.7. The van der Waals surface area contributed by atoms with Gasteiger partial charge in [0.2, 0.25) is 0 Å². The minimum absolute atomic E-state index is 0.00993. The molecule has 3 aromatic carbocycles. The van der Waals surface area contributed by atoms with Crippen molar-refractivity contribution in [3.05, 3.63) is 95.1 Å². The summed E-state index contributed by atoms with van der Waals surface area (Å²) in [6.07, 6.45) is -1.75. The molecule has 0 bridgehead atoms. The molecule has 1 amide bonds. The summed E-state index contributed by atoms with van der Waals surface area (Å²) in [6.45, 7) is 5.25. The predicted octanol–water partition coefficient (Wildman–Crippen LogP) is 5.94. The van der Waals surface area contributed by atoms with Crippen molar-refractivity contribution in [2.24, 2.45) is 5.92 Å². The number of nitrogens with one attached hydrogen (secondary N) is 1. The van der Waals surface area contributed by atoms with Crippen molar-refractivity contribution in [2.45, 2.75) is 62.9 Å². The predicted molar refractivity (Wildman–Crippen MR) is 163 cm³/mol. The van der Waals surface area contributed by atoms with Crippen molar-refractivity contribution >= 4 is 45.2 Å². The number of aliphatic hydroxyl groups is 1. The maximum atomic E-state index is 12.2. The van der Waals surface area contributed by atoms with Crippen LogP contribution in [0, 0.1) is 5.92 Å². The Labute approximate surface area is 253 Å². The molecule has 0 radical (unpaired) electrons. The molecule has 5 atom stereocenters. The molecule has 220 valence electrons. The number of benzene rings is 3. The molecule has 10 heteroatoms. The minimum Gasteiger partial charge on any atom is -0.453 e. The highest BCUT2D eigenvalue weighted by Crippen LogP contribution is 2.43. The van der Waals surface area contributed by atoms with Gasteiger partial charge < -0.3 is 24.6 Å². The van der Waals surface area contributed by atoms with Crippen molar-refractivity contribution in [1.29, 1.82) is 0 Å². The highest BCUT2D eigenvalue weighted by atomic mass is 32.2. The first-order chi connectivity index (χ1) is 20.3. The molecule has 1 saturated heterocycles. The molecule has 0 aliphatic carbocycles. The van der Waals surface area contributed by atoms with Gasteiger partial charge in [0, 0.05) is 30.7 Å². The Balaban J connectivity index is 1.30. The number of hydrogen-bond acceptors (Lipinski definition) is 9. The zero-order valence-electron chi connectivity index (χ0n) is 23.7. The minimum atomic E-state index is -0.853. The first-order valence-electron chi connectivity index (χ1n) is 13.8. The van der Waals surface area contributed by atoms with Gasteiger partial charge in [0.15, 0.2) is 16.7 Å². The molecule has 42 heavy (non-hydrogen) atoms. The van der Waals surface area contributed by atoms with Crippen LogP contribution in [-0.4, -0.2) is 39.9 Å². The molecular weight excluding hydrogens is 572 g/mol. The van der Waals surface area contributed by atoms with Gasteiger partial charge in [-0.1, -0.05) is 79.3 Å². The number of thiazole rings is 1. The summed E-state index contributed by atoms with van der Waals surface area (Å²) < 4.78 is 20.2. The maximum Gasteiger partial charge on any atom is 0.303 e. The molecule has 8 nitrogen and oxygen atoms in total. The van der Waals surface area contributed by atoms with Crippen molar-refractivity contribution in [2.75, 3.05) is 5.75 Å². The van der Waals surface area contributed by atoms with Crippen LogP contribution in [0.4, 0.5) is 0 Å². The highest BCUT2D eigenvalue weighted by Gasteiger charge is 2.38. The van der Waals surface area contributed by atoms with Crippen LogP contribution >= 0.6 is 23.1 Å². The van der Waals surface area contributed by atoms with Gasteiger partial charge in [-0.3, -0.25) is 9.59 Å². The van der Waals surface area contributed by atoms with E-state index in [0.29, 0.717) is 6.54 Å². The van der Waals surface area contributed by atoms with Crippen molar-refractivity contribution < 1.29 is 28.9 Å². The molecule has 5 rings (SSSR count). The lowest BCUT2D eigenvalue weighted by atomic mass is 9.91. The number of nitrogens with zero attached hydrogens (tertiary/aromatic N) is 1. The van der Waals surface area contributed by atoms with Crippen LogP contribution in [-0.2, 0) is 37.0 Å². The third-order valence-corrected chi connectivity index (χ3v) is 9.47. The number of aliphatic hydroxyl groups excluding tert-OH is 1. The van der Waals surface area contributed by atoms with Gasteiger partial charge in [-0.25, -0.2) is 4.98 Å². The third-order valence-electron chi connectivity index (χ3n) is 7.20. The third kappa shape index (κ3) is 7.37. The summed E-state index contributed by atoms with van der Waals surface area (Å²) >= 11 is 3.38. The first-order valence-corrected chi connectivity index (χ1v) is 15.6. The monoisotopic (exact) mass is 606 g/mol. The lowest BCUT2D eigenvalue weighted by Crippen LogP contribution is -2.38. The van der Waals surface area contributed by atoms with Crippen LogP contribution in [0.5, 0.6) is 0 Å². The van der Waals surface area contributed by atoms with E-state index in [-0.39, 0.29) is 30.6 Å². The summed E-state index contributed by atoms with van der Waals surface area (Å²) in [5.41, 5.74) is 4.65. The number of amides is 1. The molecule has 1 aliphatic rings. The number of carbonyl (C=O) groups excluding carboxylic acids is 2. The van der Waals surface area contributed by atoms with E-state index in [4.69, 9.17) is 19.2 Å². The first kappa shape index (κ1) is 30.2. The van der Waals surface area contributed by atoms with Gasteiger partial charge >= 0.3 is 5.97 Å². The standard InChI is InChI=1S/C32H34N2O6S2/c1-19-27(18-41-32-34-26-6-4-5-7-28(26)42-32)39-31(40-29(19)24-12-10-23(17-35)11-13-24)25-14-8-22(9-15-25)16-33-30(37)20(2)38-21(3)36/h4-15,19-20,27,29,31,35H,16-18H2,1-3H3,(H,33,37)/t19-,20+,27+,29+,31+/m1/s1. The number of rotatable bonds is 10. The zero-order chi connectivity index (χ0) is 29.6. The Kier molecular flexibility index (Phi) is 9.91. The second-order valence-corrected chi connectivity index (χ2v) is 12.6. The topological polar surface area (TPSA) is 107 Å². The molecule has 0 spiro atoms. The van der Waals surface area contributed by atoms with Crippen molar-refractivity contribution in [3.63, 3.8) is 0 Å². The quantitative estimate of drug-likeness (QED) is 0.169. The normalized spacial score (nSPS) is 21.1. The average molecular weight is 607 g/mol. The van der Waals surface area contributed by atoms with Crippen LogP contribution in [0.1, 0.15) is 55.4 Å². The van der Waals surface area contributed by atoms with E-state index < -0.39 is 18.4 Å². The van der Waals surface area contributed by atoms with Crippen LogP contribution in [0.3, 0.4) is 0 Å². The number of fused-ring (bicyclic) bond motifs is 1. The van der Waals surface area contributed by atoms with E-state index in [2.05, 4.69) is 18.3 Å². The molecule has 2 heterocycles. The van der Waals surface area contributed by atoms with Crippen molar-refractivity contribution in [3.8, 4) is 0 Å². The van der Waals surface area contributed by atoms with E-state index in [0.717, 1.165) is 42.6 Å². The maximum absolute atomic E-state index is 12.2. The van der Waals surface area contributed by atoms with Crippen LogP contribution < -0.4 is 5.32 Å². The second kappa shape index (κ2) is 13.8. The van der Waals surface area contributed by atoms with E-state index in [1.54, 1.807) is 23.1 Å². The molecule has 0 saturated carbocycles. The Bertz CT molecular complexity index is 1470. The van der Waals surface area contributed by atoms with Gasteiger partial charge in [-0.2, -0.15) is 0 Å². The molecule has 4 aromatic rings. The fourth-order valence-electron chi connectivity index (χ4n) is 4.80. The summed E-state index contributed by atoms with van der Waals surface area (Å²) in [5, 5.41) is 12.3. The van der Waals surface area contributed by atoms with Crippen LogP contribution in [0.2, 0.25) is 0 Å². The lowest BCUT2D eigenvalue weighted by molar-refractivity contribution is -0.268. The molecule has 0 unspecified atom stereocenters. The number of thioether (sulfide) groups is 1. The van der Waals surface area contributed by atoms with E-state index in [1.165, 1.54) is 13.8 Å². The van der Waals surface area contributed by atoms with E-state index in [1.807, 2.05) is 66.7 Å². The SMILES string of the molecule is CC(=O)O[C@@H](C)C(=O)NCc1ccc([C@H]2O[C@@H](CSc3nc4ccccc4s3)[C@@H](C)[C@@H](c3ccc(CO)cc3)O2)cc1. The van der Waals surface area contributed by atoms with Gasteiger partial charge in [0.1, 0.15) is 0 Å². The van der Waals surface area contributed by atoms with Gasteiger partial charge in [0.25, 0.3) is 5.91 Å². The van der Waals surface area contributed by atoms with Gasteiger partial charge in [-0.05, 0) is 35.7 Å². The number of para-hydroxylation sites is 1. The van der Waals surface area contributed by atoms with Gasteiger partial charge in [0.05, 0.1) is 29.0 Å². The number of aromatic nitrogens is 1. The lowest BCUT2D eigenvalue weighted by Gasteiger charge is -2.41. The number of hydrogen-bond donors (Lipinski definition) is 2. The fraction of sp³-hybridized carbons (Fsp3) is 0.344. The molecule has 1 fully saturated rings. The van der Waals surface area contributed by atoms with Crippen LogP contribution in [0.25, 0.3) is 10.2 Å². The summed E-state index contributed by atoms with van der Waals surface area (Å²) in [4.78, 5) is 28.1. The largest absolute Gasteiger partial charge is 0.453 e. The summed E-state index contributed by atoms with van der Waals surface area (Å²) in [7, 11) is 0. The number of esters is 1.